The molecule has 0 radical (unpaired) electrons. The molecule has 0 unspecified atom stereocenters. The van der Waals surface area contributed by atoms with Crippen molar-refractivity contribution in [3.05, 3.63) is 89.5 Å². The Kier molecular flexibility index (Phi) is 19.1. The zero-order valence-electron chi connectivity index (χ0n) is 31.2. The topological polar surface area (TPSA) is 40.5 Å². The maximum absolute atomic E-state index is 13.6. The van der Waals surface area contributed by atoms with E-state index >= 15 is 0 Å². The van der Waals surface area contributed by atoms with Crippen molar-refractivity contribution >= 4 is 23.0 Å². The number of aryl methyl sites for hydroxylation is 3. The number of rotatable bonds is 27. The molecule has 0 saturated heterocycles. The molecule has 0 bridgehead atoms. The van der Waals surface area contributed by atoms with Gasteiger partial charge in [0.05, 0.1) is 0 Å². The summed E-state index contributed by atoms with van der Waals surface area (Å²) < 4.78 is 0. The van der Waals surface area contributed by atoms with E-state index in [9.17, 15) is 9.79 Å². The van der Waals surface area contributed by atoms with E-state index in [-0.39, 0.29) is 0 Å². The summed E-state index contributed by atoms with van der Waals surface area (Å²) in [5.74, 6) is 0. The number of hydrogen-bond donors (Lipinski definition) is 2. The molecule has 3 aromatic carbocycles. The number of benzene rings is 3. The van der Waals surface area contributed by atoms with E-state index in [2.05, 4.69) is 57.2 Å². The summed E-state index contributed by atoms with van der Waals surface area (Å²) in [6.07, 6.45) is 28.8. The summed E-state index contributed by atoms with van der Waals surface area (Å²) in [6.45, 7) is 6.81. The molecule has 0 spiro atoms. The minimum atomic E-state index is -4.80. The Bertz CT molecular complexity index is 1130. The summed E-state index contributed by atoms with van der Waals surface area (Å²) in [6, 6.07) is 25.0. The Morgan fingerprint density at radius 1 is 0.333 bits per heavy atom. The van der Waals surface area contributed by atoms with Gasteiger partial charge in [-0.2, -0.15) is 0 Å². The van der Waals surface area contributed by atoms with Crippen LogP contribution in [0, 0.1) is 0 Å². The SMILES string of the molecule is CCCCCCCCCc1ccccc1P(O)(O)(c1ccccc1CCCCCCCCC)c1ccccc1CCCCCCCCC. The van der Waals surface area contributed by atoms with Crippen LogP contribution in [0.2, 0.25) is 0 Å². The van der Waals surface area contributed by atoms with Crippen LogP contribution in [-0.2, 0) is 19.3 Å². The molecule has 0 aliphatic carbocycles. The van der Waals surface area contributed by atoms with Gasteiger partial charge in [-0.15, -0.1) is 0 Å². The molecule has 0 fully saturated rings. The van der Waals surface area contributed by atoms with Crippen molar-refractivity contribution in [3.63, 3.8) is 0 Å². The van der Waals surface area contributed by atoms with E-state index < -0.39 is 7.06 Å². The molecule has 0 aliphatic heterocycles. The Labute approximate surface area is 296 Å². The van der Waals surface area contributed by atoms with Gasteiger partial charge in [0.25, 0.3) is 0 Å². The molecule has 0 aliphatic rings. The van der Waals surface area contributed by atoms with Crippen molar-refractivity contribution in [1.82, 2.24) is 0 Å². The Hall–Kier alpha value is -1.99. The van der Waals surface area contributed by atoms with E-state index in [0.717, 1.165) is 71.1 Å². The molecule has 3 rings (SSSR count). The first-order valence-corrected chi connectivity index (χ1v) is 22.4. The molecule has 3 aromatic rings. The molecule has 0 saturated carbocycles. The van der Waals surface area contributed by atoms with Crippen molar-refractivity contribution in [2.24, 2.45) is 0 Å². The van der Waals surface area contributed by atoms with Crippen molar-refractivity contribution in [1.29, 1.82) is 0 Å². The molecule has 0 amide bonds. The summed E-state index contributed by atoms with van der Waals surface area (Å²) in [5.41, 5.74) is 3.31. The number of hydrogen-bond acceptors (Lipinski definition) is 2. The molecule has 48 heavy (non-hydrogen) atoms. The van der Waals surface area contributed by atoms with Gasteiger partial charge in [0.1, 0.15) is 0 Å². The standard InChI is InChI=1S/C45H71O2P/c1-4-7-10-13-16-19-22-31-40-34-25-28-37-43(40)48(46,47,44-38-29-26-35-41(44)32-23-20-17-14-11-8-5-2)45-39-30-27-36-42(45)33-24-21-18-15-12-9-6-3/h25-30,34-39,46-47H,4-24,31-33H2,1-3H3. The quantitative estimate of drug-likeness (QED) is 0.0624. The average molecular weight is 675 g/mol. The van der Waals surface area contributed by atoms with Gasteiger partial charge in [-0.1, -0.05) is 0 Å². The first-order chi connectivity index (χ1) is 23.5. The van der Waals surface area contributed by atoms with Crippen LogP contribution in [0.1, 0.15) is 172 Å². The molecule has 2 N–H and O–H groups in total. The van der Waals surface area contributed by atoms with Crippen molar-refractivity contribution in [2.45, 2.75) is 175 Å². The van der Waals surface area contributed by atoms with E-state index in [1.165, 1.54) is 116 Å². The van der Waals surface area contributed by atoms with Gasteiger partial charge in [0, 0.05) is 0 Å². The van der Waals surface area contributed by atoms with Crippen LogP contribution < -0.4 is 15.9 Å². The van der Waals surface area contributed by atoms with E-state index in [1.54, 1.807) is 0 Å². The summed E-state index contributed by atoms with van der Waals surface area (Å²) in [4.78, 5) is 27.2. The molecule has 3 heteroatoms. The third kappa shape index (κ3) is 12.1. The normalized spacial score (nSPS) is 12.6. The van der Waals surface area contributed by atoms with Crippen LogP contribution in [0.5, 0.6) is 0 Å². The van der Waals surface area contributed by atoms with Gasteiger partial charge in [-0.25, -0.2) is 0 Å². The van der Waals surface area contributed by atoms with Crippen LogP contribution in [0.4, 0.5) is 0 Å². The first-order valence-electron chi connectivity index (χ1n) is 20.2. The van der Waals surface area contributed by atoms with Crippen LogP contribution in [-0.4, -0.2) is 9.79 Å². The monoisotopic (exact) mass is 675 g/mol. The fourth-order valence-corrected chi connectivity index (χ4v) is 11.7. The van der Waals surface area contributed by atoms with Gasteiger partial charge in [-0.3, -0.25) is 0 Å². The third-order valence-electron chi connectivity index (χ3n) is 10.5. The van der Waals surface area contributed by atoms with E-state index in [4.69, 9.17) is 0 Å². The Morgan fingerprint density at radius 3 is 0.833 bits per heavy atom. The van der Waals surface area contributed by atoms with Gasteiger partial charge in [0.2, 0.25) is 0 Å². The maximum atomic E-state index is 13.6. The van der Waals surface area contributed by atoms with Gasteiger partial charge in [-0.05, 0) is 0 Å². The second kappa shape index (κ2) is 22.7. The summed E-state index contributed by atoms with van der Waals surface area (Å²) >= 11 is 0. The van der Waals surface area contributed by atoms with Crippen molar-refractivity contribution in [3.8, 4) is 0 Å². The van der Waals surface area contributed by atoms with E-state index in [0.29, 0.717) is 0 Å². The van der Waals surface area contributed by atoms with Gasteiger partial charge >= 0.3 is 297 Å². The first kappa shape index (κ1) is 40.4. The zero-order chi connectivity index (χ0) is 34.4. The predicted molar refractivity (Wildman–Crippen MR) is 215 cm³/mol. The van der Waals surface area contributed by atoms with Crippen molar-refractivity contribution in [2.75, 3.05) is 0 Å². The van der Waals surface area contributed by atoms with Crippen molar-refractivity contribution < 1.29 is 9.79 Å². The van der Waals surface area contributed by atoms with Gasteiger partial charge in [0.15, 0.2) is 0 Å². The fourth-order valence-electron chi connectivity index (χ4n) is 7.61. The minimum absolute atomic E-state index is 0.758. The molecular formula is C45H71O2P. The molecule has 268 valence electrons. The van der Waals surface area contributed by atoms with Crippen LogP contribution >= 0.6 is 7.06 Å². The predicted octanol–water partition coefficient (Wildman–Crippen LogP) is 12.2. The summed E-state index contributed by atoms with van der Waals surface area (Å²) in [5, 5.41) is 2.27. The Balaban J connectivity index is 1.98. The van der Waals surface area contributed by atoms with Gasteiger partial charge < -0.3 is 0 Å². The van der Waals surface area contributed by atoms with Crippen LogP contribution in [0.3, 0.4) is 0 Å². The second-order valence-electron chi connectivity index (χ2n) is 14.5. The average Bonchev–Trinajstić information content (AvgIpc) is 3.11. The van der Waals surface area contributed by atoms with Crippen LogP contribution in [0.25, 0.3) is 0 Å². The molecule has 0 heterocycles. The molecule has 2 nitrogen and oxygen atoms in total. The fraction of sp³-hybridized carbons (Fsp3) is 0.600. The van der Waals surface area contributed by atoms with E-state index in [1.807, 2.05) is 36.4 Å². The molecule has 0 aromatic heterocycles. The third-order valence-corrected chi connectivity index (χ3v) is 14.5. The zero-order valence-corrected chi connectivity index (χ0v) is 32.1. The molecular weight excluding hydrogens is 603 g/mol. The second-order valence-corrected chi connectivity index (χ2v) is 18.0. The number of unbranched alkanes of at least 4 members (excludes halogenated alkanes) is 18. The Morgan fingerprint density at radius 2 is 0.562 bits per heavy atom. The summed E-state index contributed by atoms with van der Waals surface area (Å²) in [7, 11) is -4.80. The molecule has 0 atom stereocenters. The van der Waals surface area contributed by atoms with Crippen LogP contribution in [0.15, 0.2) is 72.8 Å².